The first-order valence-corrected chi connectivity index (χ1v) is 6.30. The molecule has 1 amide bonds. The van der Waals surface area contributed by atoms with Gasteiger partial charge in [-0.2, -0.15) is 0 Å². The summed E-state index contributed by atoms with van der Waals surface area (Å²) >= 11 is 0. The van der Waals surface area contributed by atoms with Crippen LogP contribution in [0, 0.1) is 0 Å². The summed E-state index contributed by atoms with van der Waals surface area (Å²) in [4.78, 5) is 12.0. The number of amides is 1. The van der Waals surface area contributed by atoms with Crippen molar-refractivity contribution in [2.24, 2.45) is 0 Å². The minimum absolute atomic E-state index is 0.207. The van der Waals surface area contributed by atoms with Gasteiger partial charge in [-0.15, -0.1) is 0 Å². The van der Waals surface area contributed by atoms with E-state index in [0.29, 0.717) is 6.54 Å². The summed E-state index contributed by atoms with van der Waals surface area (Å²) in [6.07, 6.45) is 1.15. The smallest absolute Gasteiger partial charge is 0.425 e. The van der Waals surface area contributed by atoms with E-state index in [2.05, 4.69) is 12.0 Å². The summed E-state index contributed by atoms with van der Waals surface area (Å²) in [5.41, 5.74) is 3.85. The van der Waals surface area contributed by atoms with E-state index in [1.807, 2.05) is 51.1 Å². The molecule has 0 radical (unpaired) electrons. The van der Waals surface area contributed by atoms with E-state index in [9.17, 15) is 4.79 Å². The van der Waals surface area contributed by atoms with Gasteiger partial charge in [-0.05, 0) is 26.3 Å². The molecule has 1 aromatic carbocycles. The number of ether oxygens (including phenoxy) is 1. The molecule has 0 saturated carbocycles. The van der Waals surface area contributed by atoms with Gasteiger partial charge in [0.15, 0.2) is 0 Å². The largest absolute Gasteiger partial charge is 0.444 e. The van der Waals surface area contributed by atoms with Crippen molar-refractivity contribution in [3.05, 3.63) is 48.6 Å². The number of nitrogens with one attached hydrogen (secondary N) is 1. The number of hydrogen-bond donors (Lipinski definition) is 1. The van der Waals surface area contributed by atoms with Crippen LogP contribution in [-0.2, 0) is 11.3 Å². The molecule has 4 nitrogen and oxygen atoms in total. The zero-order valence-electron chi connectivity index (χ0n) is 11.8. The molecule has 0 aliphatic carbocycles. The highest BCUT2D eigenvalue weighted by Gasteiger charge is 2.27. The normalized spacial score (nSPS) is 10.9. The number of hydrazine groups is 1. The quantitative estimate of drug-likeness (QED) is 0.655. The summed E-state index contributed by atoms with van der Waals surface area (Å²) in [5, 5.41) is 1.50. The second-order valence-electron chi connectivity index (χ2n) is 5.19. The van der Waals surface area contributed by atoms with Gasteiger partial charge in [0.1, 0.15) is 6.61 Å². The molecule has 1 rings (SSSR count). The van der Waals surface area contributed by atoms with E-state index < -0.39 is 6.09 Å². The fourth-order valence-corrected chi connectivity index (χ4v) is 1.54. The Kier molecular flexibility index (Phi) is 5.57. The van der Waals surface area contributed by atoms with Gasteiger partial charge in [-0.1, -0.05) is 43.0 Å². The van der Waals surface area contributed by atoms with Crippen molar-refractivity contribution in [1.82, 2.24) is 10.4 Å². The van der Waals surface area contributed by atoms with Gasteiger partial charge in [0.05, 0.1) is 5.54 Å². The molecule has 0 spiro atoms. The van der Waals surface area contributed by atoms with E-state index in [1.165, 1.54) is 5.01 Å². The second-order valence-corrected chi connectivity index (χ2v) is 5.19. The average molecular weight is 262 g/mol. The van der Waals surface area contributed by atoms with Gasteiger partial charge in [0, 0.05) is 6.54 Å². The molecule has 0 atom stereocenters. The molecule has 0 heterocycles. The van der Waals surface area contributed by atoms with E-state index in [4.69, 9.17) is 4.74 Å². The topological polar surface area (TPSA) is 41.6 Å². The summed E-state index contributed by atoms with van der Waals surface area (Å²) < 4.78 is 5.07. The zero-order valence-corrected chi connectivity index (χ0v) is 11.8. The Hall–Kier alpha value is -1.81. The number of carbonyl (C=O) groups excluding carboxylic acids is 1. The molecule has 0 unspecified atom stereocenters. The van der Waals surface area contributed by atoms with Gasteiger partial charge in [0.2, 0.25) is 0 Å². The van der Waals surface area contributed by atoms with Crippen LogP contribution in [0.3, 0.4) is 0 Å². The van der Waals surface area contributed by atoms with Gasteiger partial charge in [-0.25, -0.2) is 15.2 Å². The first-order valence-electron chi connectivity index (χ1n) is 6.30. The van der Waals surface area contributed by atoms with Crippen LogP contribution >= 0.6 is 0 Å². The van der Waals surface area contributed by atoms with Crippen LogP contribution in [0.25, 0.3) is 0 Å². The minimum Gasteiger partial charge on any atom is -0.444 e. The predicted molar refractivity (Wildman–Crippen MR) is 76.4 cm³/mol. The number of nitrogens with zero attached hydrogens (tertiary/aromatic N) is 1. The lowest BCUT2D eigenvalue weighted by atomic mass is 10.1. The van der Waals surface area contributed by atoms with Gasteiger partial charge < -0.3 is 4.74 Å². The highest BCUT2D eigenvalue weighted by molar-refractivity contribution is 5.68. The van der Waals surface area contributed by atoms with Crippen molar-refractivity contribution in [2.45, 2.75) is 32.9 Å². The molecule has 0 saturated heterocycles. The van der Waals surface area contributed by atoms with Crippen LogP contribution in [0.15, 0.2) is 43.0 Å². The molecular weight excluding hydrogens is 240 g/mol. The van der Waals surface area contributed by atoms with E-state index in [-0.39, 0.29) is 12.1 Å². The van der Waals surface area contributed by atoms with E-state index in [0.717, 1.165) is 5.56 Å². The Labute approximate surface area is 115 Å². The third kappa shape index (κ3) is 5.14. The molecule has 19 heavy (non-hydrogen) atoms. The highest BCUT2D eigenvalue weighted by atomic mass is 16.6. The third-order valence-corrected chi connectivity index (χ3v) is 2.46. The third-order valence-electron chi connectivity index (χ3n) is 2.46. The number of hydrogen-bond acceptors (Lipinski definition) is 3. The lowest BCUT2D eigenvalue weighted by molar-refractivity contribution is 0.0427. The highest BCUT2D eigenvalue weighted by Crippen LogP contribution is 2.12. The summed E-state index contributed by atoms with van der Waals surface area (Å²) in [5.74, 6) is 0. The molecule has 0 aliphatic rings. The number of rotatable bonds is 5. The Balaban J connectivity index is 2.65. The van der Waals surface area contributed by atoms with Crippen LogP contribution in [0.2, 0.25) is 0 Å². The Morgan fingerprint density at radius 3 is 2.53 bits per heavy atom. The monoisotopic (exact) mass is 262 g/mol. The average Bonchev–Trinajstić information content (AvgIpc) is 2.36. The number of carbonyl (C=O) groups is 1. The number of benzene rings is 1. The Bertz CT molecular complexity index is 410. The summed E-state index contributed by atoms with van der Waals surface area (Å²) in [6.45, 7) is 10.1. The molecule has 4 heteroatoms. The maximum absolute atomic E-state index is 12.0. The molecule has 0 fully saturated rings. The lowest BCUT2D eigenvalue weighted by Crippen LogP contribution is -2.53. The SMILES string of the molecule is C=CCOC(=O)N(NCc1ccccc1)C(C)(C)C. The summed E-state index contributed by atoms with van der Waals surface area (Å²) in [6, 6.07) is 9.90. The molecule has 1 aromatic rings. The van der Waals surface area contributed by atoms with Gasteiger partial charge in [0.25, 0.3) is 0 Å². The van der Waals surface area contributed by atoms with Crippen molar-refractivity contribution in [2.75, 3.05) is 6.61 Å². The zero-order chi connectivity index (χ0) is 14.3. The van der Waals surface area contributed by atoms with Gasteiger partial charge >= 0.3 is 6.09 Å². The predicted octanol–water partition coefficient (Wildman–Crippen LogP) is 3.11. The fraction of sp³-hybridized carbons (Fsp3) is 0.400. The van der Waals surface area contributed by atoms with Crippen LogP contribution < -0.4 is 5.43 Å². The van der Waals surface area contributed by atoms with Crippen LogP contribution in [0.4, 0.5) is 4.79 Å². The molecule has 0 aromatic heterocycles. The van der Waals surface area contributed by atoms with Crippen LogP contribution in [0.1, 0.15) is 26.3 Å². The first-order chi connectivity index (χ1) is 8.95. The molecule has 1 N–H and O–H groups in total. The maximum atomic E-state index is 12.0. The second kappa shape index (κ2) is 6.95. The molecule has 0 bridgehead atoms. The van der Waals surface area contributed by atoms with Gasteiger partial charge in [-0.3, -0.25) is 0 Å². The molecule has 104 valence electrons. The van der Waals surface area contributed by atoms with Crippen molar-refractivity contribution in [3.63, 3.8) is 0 Å². The van der Waals surface area contributed by atoms with E-state index >= 15 is 0 Å². The summed E-state index contributed by atoms with van der Waals surface area (Å²) in [7, 11) is 0. The molecule has 0 aliphatic heterocycles. The Morgan fingerprint density at radius 1 is 1.37 bits per heavy atom. The first kappa shape index (κ1) is 15.2. The lowest BCUT2D eigenvalue weighted by Gasteiger charge is -2.34. The molecular formula is C15H22N2O2. The van der Waals surface area contributed by atoms with Crippen molar-refractivity contribution in [3.8, 4) is 0 Å². The Morgan fingerprint density at radius 2 is 2.00 bits per heavy atom. The van der Waals surface area contributed by atoms with Crippen molar-refractivity contribution in [1.29, 1.82) is 0 Å². The maximum Gasteiger partial charge on any atom is 0.425 e. The van der Waals surface area contributed by atoms with Crippen LogP contribution in [-0.4, -0.2) is 23.2 Å². The van der Waals surface area contributed by atoms with Crippen LogP contribution in [0.5, 0.6) is 0 Å². The minimum atomic E-state index is -0.400. The van der Waals surface area contributed by atoms with E-state index in [1.54, 1.807) is 6.08 Å². The fourth-order valence-electron chi connectivity index (χ4n) is 1.54. The van der Waals surface area contributed by atoms with Crippen molar-refractivity contribution < 1.29 is 9.53 Å². The van der Waals surface area contributed by atoms with Crippen molar-refractivity contribution >= 4 is 6.09 Å². The standard InChI is InChI=1S/C15H22N2O2/c1-5-11-19-14(18)17(15(2,3)4)16-12-13-9-7-6-8-10-13/h5-10,16H,1,11-12H2,2-4H3.